The van der Waals surface area contributed by atoms with Gasteiger partial charge in [-0.3, -0.25) is 4.79 Å². The van der Waals surface area contributed by atoms with E-state index < -0.39 is 10.0 Å². The van der Waals surface area contributed by atoms with Crippen LogP contribution in [0.4, 0.5) is 5.69 Å². The second-order valence-corrected chi connectivity index (χ2v) is 8.34. The van der Waals surface area contributed by atoms with E-state index in [2.05, 4.69) is 5.32 Å². The van der Waals surface area contributed by atoms with Crippen LogP contribution >= 0.6 is 0 Å². The minimum atomic E-state index is -3.60. The summed E-state index contributed by atoms with van der Waals surface area (Å²) < 4.78 is 32.2. The van der Waals surface area contributed by atoms with Crippen LogP contribution in [0.2, 0.25) is 0 Å². The zero-order valence-electron chi connectivity index (χ0n) is 15.3. The Hall–Kier alpha value is -2.22. The Kier molecular flexibility index (Phi) is 6.26. The average molecular weight is 388 g/mol. The van der Waals surface area contributed by atoms with Gasteiger partial charge in [0, 0.05) is 18.8 Å². The maximum Gasteiger partial charge on any atom is 0.243 e. The fraction of sp³-hybridized carbons (Fsp3) is 0.350. The van der Waals surface area contributed by atoms with E-state index in [0.717, 1.165) is 5.56 Å². The van der Waals surface area contributed by atoms with Crippen LogP contribution in [0.5, 0.6) is 0 Å². The number of sulfonamides is 1. The van der Waals surface area contributed by atoms with Crippen molar-refractivity contribution >= 4 is 21.6 Å². The monoisotopic (exact) mass is 388 g/mol. The summed E-state index contributed by atoms with van der Waals surface area (Å²) in [6, 6.07) is 16.0. The third-order valence-corrected chi connectivity index (χ3v) is 6.53. The molecule has 1 heterocycles. The molecule has 1 atom stereocenters. The van der Waals surface area contributed by atoms with E-state index in [9.17, 15) is 13.2 Å². The summed E-state index contributed by atoms with van der Waals surface area (Å²) >= 11 is 0. The van der Waals surface area contributed by atoms with Crippen LogP contribution in [-0.4, -0.2) is 44.9 Å². The first-order chi connectivity index (χ1) is 13.0. The molecule has 7 heteroatoms. The van der Waals surface area contributed by atoms with Gasteiger partial charge in [-0.15, -0.1) is 0 Å². The highest BCUT2D eigenvalue weighted by molar-refractivity contribution is 7.89. The van der Waals surface area contributed by atoms with Crippen molar-refractivity contribution < 1.29 is 17.9 Å². The molecule has 0 saturated carbocycles. The van der Waals surface area contributed by atoms with Crippen LogP contribution in [0.15, 0.2) is 59.5 Å². The number of ether oxygens (including phenoxy) is 1. The Morgan fingerprint density at radius 1 is 1.11 bits per heavy atom. The van der Waals surface area contributed by atoms with Crippen molar-refractivity contribution in [1.82, 2.24) is 4.31 Å². The van der Waals surface area contributed by atoms with Crippen molar-refractivity contribution in [3.05, 3.63) is 60.2 Å². The highest BCUT2D eigenvalue weighted by Crippen LogP contribution is 2.24. The van der Waals surface area contributed by atoms with Gasteiger partial charge in [0.1, 0.15) is 0 Å². The van der Waals surface area contributed by atoms with Gasteiger partial charge in [-0.25, -0.2) is 8.42 Å². The van der Waals surface area contributed by atoms with Crippen molar-refractivity contribution in [2.45, 2.75) is 24.2 Å². The molecule has 0 bridgehead atoms. The molecular weight excluding hydrogens is 364 g/mol. The molecule has 1 fully saturated rings. The van der Waals surface area contributed by atoms with Gasteiger partial charge < -0.3 is 10.1 Å². The molecular formula is C20H24N2O4S. The third-order valence-electron chi connectivity index (χ3n) is 4.64. The number of nitrogens with one attached hydrogen (secondary N) is 1. The second-order valence-electron chi connectivity index (χ2n) is 6.41. The summed E-state index contributed by atoms with van der Waals surface area (Å²) in [6.45, 7) is 3.42. The lowest BCUT2D eigenvalue weighted by Crippen LogP contribution is -2.40. The quantitative estimate of drug-likeness (QED) is 0.826. The van der Waals surface area contributed by atoms with E-state index in [0.29, 0.717) is 38.4 Å². The Morgan fingerprint density at radius 3 is 2.48 bits per heavy atom. The molecule has 0 aromatic heterocycles. The number of carbonyl (C=O) groups excluding carboxylic acids is 1. The first-order valence-corrected chi connectivity index (χ1v) is 10.5. The summed E-state index contributed by atoms with van der Waals surface area (Å²) in [5, 5.41) is 2.86. The lowest BCUT2D eigenvalue weighted by molar-refractivity contribution is -0.117. The number of rotatable bonds is 6. The minimum Gasteiger partial charge on any atom is -0.379 e. The number of nitrogens with zero attached hydrogens (tertiary/aromatic N) is 1. The number of anilines is 1. The third kappa shape index (κ3) is 4.55. The Bertz CT molecular complexity index is 878. The first kappa shape index (κ1) is 19.5. The van der Waals surface area contributed by atoms with Crippen molar-refractivity contribution in [1.29, 1.82) is 0 Å². The van der Waals surface area contributed by atoms with E-state index in [4.69, 9.17) is 4.74 Å². The van der Waals surface area contributed by atoms with Gasteiger partial charge >= 0.3 is 0 Å². The van der Waals surface area contributed by atoms with Crippen LogP contribution in [0.3, 0.4) is 0 Å². The maximum atomic E-state index is 12.8. The normalized spacial score (nSPS) is 16.6. The Balaban J connectivity index is 1.78. The predicted octanol–water partition coefficient (Wildman–Crippen LogP) is 2.84. The molecule has 1 aliphatic heterocycles. The van der Waals surface area contributed by atoms with Crippen LogP contribution in [-0.2, 0) is 19.6 Å². The average Bonchev–Trinajstić information content (AvgIpc) is 2.70. The summed E-state index contributed by atoms with van der Waals surface area (Å²) in [4.78, 5) is 12.9. The van der Waals surface area contributed by atoms with E-state index in [1.54, 1.807) is 18.2 Å². The molecule has 0 spiro atoms. The van der Waals surface area contributed by atoms with Crippen LogP contribution in [0, 0.1) is 0 Å². The smallest absolute Gasteiger partial charge is 0.243 e. The van der Waals surface area contributed by atoms with Crippen molar-refractivity contribution in [2.24, 2.45) is 0 Å². The molecule has 1 unspecified atom stereocenters. The molecule has 1 amide bonds. The van der Waals surface area contributed by atoms with Gasteiger partial charge in [0.05, 0.1) is 24.0 Å². The molecule has 2 aromatic rings. The molecule has 0 aliphatic carbocycles. The van der Waals surface area contributed by atoms with Crippen molar-refractivity contribution in [2.75, 3.05) is 31.6 Å². The van der Waals surface area contributed by atoms with Gasteiger partial charge in [0.2, 0.25) is 15.9 Å². The Labute approximate surface area is 160 Å². The summed E-state index contributed by atoms with van der Waals surface area (Å²) in [6.07, 6.45) is 0.654. The summed E-state index contributed by atoms with van der Waals surface area (Å²) in [5.74, 6) is -0.435. The largest absolute Gasteiger partial charge is 0.379 e. The van der Waals surface area contributed by atoms with E-state index in [-0.39, 0.29) is 16.7 Å². The number of amides is 1. The number of benzene rings is 2. The van der Waals surface area contributed by atoms with Crippen molar-refractivity contribution in [3.8, 4) is 0 Å². The topological polar surface area (TPSA) is 75.7 Å². The van der Waals surface area contributed by atoms with Crippen molar-refractivity contribution in [3.63, 3.8) is 0 Å². The molecule has 1 aliphatic rings. The SMILES string of the molecule is CCC(C(=O)Nc1cccc(S(=O)(=O)N2CCOCC2)c1)c1ccccc1. The highest BCUT2D eigenvalue weighted by atomic mass is 32.2. The molecule has 1 N–H and O–H groups in total. The van der Waals surface area contributed by atoms with Gasteiger partial charge in [-0.2, -0.15) is 4.31 Å². The van der Waals surface area contributed by atoms with Gasteiger partial charge in [0.15, 0.2) is 0 Å². The molecule has 3 rings (SSSR count). The second kappa shape index (κ2) is 8.65. The highest BCUT2D eigenvalue weighted by Gasteiger charge is 2.27. The van der Waals surface area contributed by atoms with E-state index in [1.165, 1.54) is 10.4 Å². The number of hydrogen-bond donors (Lipinski definition) is 1. The Morgan fingerprint density at radius 2 is 1.81 bits per heavy atom. The zero-order chi connectivity index (χ0) is 19.3. The molecule has 2 aromatic carbocycles. The molecule has 1 saturated heterocycles. The number of morpholine rings is 1. The van der Waals surface area contributed by atoms with E-state index in [1.807, 2.05) is 37.3 Å². The summed E-state index contributed by atoms with van der Waals surface area (Å²) in [7, 11) is -3.60. The maximum absolute atomic E-state index is 12.8. The zero-order valence-corrected chi connectivity index (χ0v) is 16.1. The van der Waals surface area contributed by atoms with Gasteiger partial charge in [0.25, 0.3) is 0 Å². The first-order valence-electron chi connectivity index (χ1n) is 9.06. The lowest BCUT2D eigenvalue weighted by atomic mass is 9.95. The fourth-order valence-electron chi connectivity index (χ4n) is 3.16. The molecule has 0 radical (unpaired) electrons. The van der Waals surface area contributed by atoms with E-state index >= 15 is 0 Å². The van der Waals surface area contributed by atoms with Gasteiger partial charge in [-0.1, -0.05) is 43.3 Å². The minimum absolute atomic E-state index is 0.148. The standard InChI is InChI=1S/C20H24N2O4S/c1-2-19(16-7-4-3-5-8-16)20(23)21-17-9-6-10-18(15-17)27(24,25)22-11-13-26-14-12-22/h3-10,15,19H,2,11-14H2,1H3,(H,21,23). The van der Waals surface area contributed by atoms with Crippen LogP contribution in [0.1, 0.15) is 24.8 Å². The fourth-order valence-corrected chi connectivity index (χ4v) is 4.61. The number of hydrogen-bond acceptors (Lipinski definition) is 4. The summed E-state index contributed by atoms with van der Waals surface area (Å²) in [5.41, 5.74) is 1.42. The lowest BCUT2D eigenvalue weighted by Gasteiger charge is -2.26. The number of carbonyl (C=O) groups is 1. The predicted molar refractivity (Wildman–Crippen MR) is 104 cm³/mol. The molecule has 144 valence electrons. The molecule has 27 heavy (non-hydrogen) atoms. The van der Waals surface area contributed by atoms with Crippen LogP contribution in [0.25, 0.3) is 0 Å². The van der Waals surface area contributed by atoms with Gasteiger partial charge in [-0.05, 0) is 30.2 Å². The van der Waals surface area contributed by atoms with Crippen LogP contribution < -0.4 is 5.32 Å². The molecule has 6 nitrogen and oxygen atoms in total.